The summed E-state index contributed by atoms with van der Waals surface area (Å²) in [5.41, 5.74) is -1.24. The van der Waals surface area contributed by atoms with Gasteiger partial charge in [0.05, 0.1) is 32.5 Å². The topological polar surface area (TPSA) is 292 Å². The highest BCUT2D eigenvalue weighted by Crippen LogP contribution is 2.66. The molecule has 0 spiro atoms. The Morgan fingerprint density at radius 1 is 1.16 bits per heavy atom. The monoisotopic (exact) mass is 747 g/mol. The number of amides is 1. The van der Waals surface area contributed by atoms with Gasteiger partial charge in [-0.25, -0.2) is 18.5 Å². The van der Waals surface area contributed by atoms with Crippen LogP contribution in [0.1, 0.15) is 38.5 Å². The Kier molecular flexibility index (Phi) is 15.6. The van der Waals surface area contributed by atoms with Crippen molar-refractivity contribution in [3.63, 3.8) is 0 Å². The van der Waals surface area contributed by atoms with E-state index in [-0.39, 0.29) is 50.1 Å². The largest absolute Gasteiger partial charge is 0.490 e. The molecule has 25 heteroatoms. The van der Waals surface area contributed by atoms with E-state index in [1.165, 1.54) is 34.7 Å². The highest BCUT2D eigenvalue weighted by atomic mass is 33.1. The Hall–Kier alpha value is -0.900. The van der Waals surface area contributed by atoms with Crippen LogP contribution in [-0.2, 0) is 45.8 Å². The Morgan fingerprint density at radius 3 is 2.49 bits per heavy atom. The van der Waals surface area contributed by atoms with Gasteiger partial charge in [0.1, 0.15) is 18.3 Å². The van der Waals surface area contributed by atoms with Gasteiger partial charge in [-0.1, -0.05) is 21.6 Å². The number of aromatic amines is 1. The van der Waals surface area contributed by atoms with E-state index in [0.717, 1.165) is 4.57 Å². The van der Waals surface area contributed by atoms with Crippen molar-refractivity contribution in [2.75, 3.05) is 38.9 Å². The van der Waals surface area contributed by atoms with Gasteiger partial charge in [-0.15, -0.1) is 0 Å². The number of carbonyl (C=O) groups excluding carboxylic acids is 1. The third-order valence-electron chi connectivity index (χ3n) is 5.49. The summed E-state index contributed by atoms with van der Waals surface area (Å²) in [5.74, 6) is -0.216. The first kappa shape index (κ1) is 40.3. The van der Waals surface area contributed by atoms with E-state index in [1.54, 1.807) is 0 Å². The molecule has 3 unspecified atom stereocenters. The third kappa shape index (κ3) is 15.2. The number of aliphatic hydroxyl groups excluding tert-OH is 1. The SMILES string of the molecule is Cc1cn([C@H]2C[C@@H](OCSSC(C)(C)CNC(=O)CCOCCO)C(COP(=O)(O)OP(=O)(O)OP(=O)(O)O)O2)c(=O)[nH]c1=O. The smallest absolute Gasteiger partial charge is 0.394 e. The number of aromatic nitrogens is 2. The number of H-pyrrole nitrogens is 1. The maximum Gasteiger partial charge on any atom is 0.490 e. The van der Waals surface area contributed by atoms with E-state index in [2.05, 4.69) is 18.9 Å². The number of aryl methyl sites for hydroxylation is 1. The summed E-state index contributed by atoms with van der Waals surface area (Å²) < 4.78 is 64.2. The molecule has 1 aliphatic rings. The van der Waals surface area contributed by atoms with Crippen molar-refractivity contribution in [3.05, 3.63) is 32.6 Å². The molecule has 1 aliphatic heterocycles. The van der Waals surface area contributed by atoms with Crippen molar-refractivity contribution in [2.45, 2.75) is 56.8 Å². The molecule has 0 bridgehead atoms. The van der Waals surface area contributed by atoms with Crippen LogP contribution in [0, 0.1) is 6.92 Å². The lowest BCUT2D eigenvalue weighted by molar-refractivity contribution is -0.122. The van der Waals surface area contributed by atoms with Crippen molar-refractivity contribution < 1.29 is 70.5 Å². The summed E-state index contributed by atoms with van der Waals surface area (Å²) in [7, 11) is -14.2. The van der Waals surface area contributed by atoms with E-state index in [1.807, 2.05) is 13.8 Å². The predicted molar refractivity (Wildman–Crippen MR) is 159 cm³/mol. The zero-order valence-corrected chi connectivity index (χ0v) is 28.5. The quantitative estimate of drug-likeness (QED) is 0.0413. The number of aliphatic hydroxyl groups is 1. The van der Waals surface area contributed by atoms with Crippen LogP contribution >= 0.6 is 45.1 Å². The molecule has 1 amide bonds. The highest BCUT2D eigenvalue weighted by molar-refractivity contribution is 8.77. The van der Waals surface area contributed by atoms with Crippen molar-refractivity contribution >= 4 is 51.0 Å². The van der Waals surface area contributed by atoms with E-state index >= 15 is 0 Å². The fourth-order valence-electron chi connectivity index (χ4n) is 3.53. The predicted octanol–water partition coefficient (Wildman–Crippen LogP) is 0.494. The summed E-state index contributed by atoms with van der Waals surface area (Å²) in [6, 6.07) is 0. The fraction of sp³-hybridized carbons (Fsp3) is 0.750. The molecule has 2 heterocycles. The molecule has 1 aromatic heterocycles. The van der Waals surface area contributed by atoms with E-state index < -0.39 is 64.5 Å². The zero-order valence-electron chi connectivity index (χ0n) is 24.2. The zero-order chi connectivity index (χ0) is 34.1. The number of nitrogens with zero attached hydrogens (tertiary/aromatic N) is 1. The van der Waals surface area contributed by atoms with Crippen LogP contribution < -0.4 is 16.6 Å². The second-order valence-electron chi connectivity index (χ2n) is 9.88. The lowest BCUT2D eigenvalue weighted by Crippen LogP contribution is -2.36. The molecule has 0 radical (unpaired) electrons. The van der Waals surface area contributed by atoms with Gasteiger partial charge in [-0.05, 0) is 20.8 Å². The van der Waals surface area contributed by atoms with Gasteiger partial charge in [0.25, 0.3) is 5.56 Å². The maximum absolute atomic E-state index is 12.4. The average molecular weight is 748 g/mol. The first-order chi connectivity index (χ1) is 20.7. The number of ether oxygens (including phenoxy) is 3. The number of nitrogens with one attached hydrogen (secondary N) is 2. The molecule has 7 N–H and O–H groups in total. The maximum atomic E-state index is 12.4. The van der Waals surface area contributed by atoms with Crippen LogP contribution in [-0.4, -0.2) is 96.0 Å². The Bertz CT molecular complexity index is 1400. The minimum atomic E-state index is -5.75. The summed E-state index contributed by atoms with van der Waals surface area (Å²) in [6.07, 6.45) is -1.79. The third-order valence-corrected chi connectivity index (χ3v) is 12.2. The van der Waals surface area contributed by atoms with Crippen molar-refractivity contribution in [3.8, 4) is 0 Å². The Labute approximate surface area is 264 Å². The Balaban J connectivity index is 2.02. The molecule has 1 saturated heterocycles. The lowest BCUT2D eigenvalue weighted by atomic mass is 10.2. The first-order valence-electron chi connectivity index (χ1n) is 12.9. The van der Waals surface area contributed by atoms with Gasteiger partial charge in [0.2, 0.25) is 5.91 Å². The normalized spacial score (nSPS) is 21.7. The average Bonchev–Trinajstić information content (AvgIpc) is 3.29. The van der Waals surface area contributed by atoms with Crippen LogP contribution in [0.3, 0.4) is 0 Å². The molecule has 1 aromatic rings. The summed E-state index contributed by atoms with van der Waals surface area (Å²) in [6.45, 7) is 4.84. The second-order valence-corrected chi connectivity index (χ2v) is 17.2. The van der Waals surface area contributed by atoms with Gasteiger partial charge < -0.3 is 44.2 Å². The second kappa shape index (κ2) is 17.5. The van der Waals surface area contributed by atoms with Gasteiger partial charge >= 0.3 is 29.2 Å². The molecule has 5 atom stereocenters. The number of rotatable bonds is 20. The van der Waals surface area contributed by atoms with Gasteiger partial charge in [0, 0.05) is 35.9 Å². The molecule has 2 rings (SSSR count). The number of hydrogen-bond donors (Lipinski definition) is 7. The first-order valence-corrected chi connectivity index (χ1v) is 19.7. The number of phosphoric acid groups is 3. The summed E-state index contributed by atoms with van der Waals surface area (Å²) in [4.78, 5) is 74.9. The summed E-state index contributed by atoms with van der Waals surface area (Å²) in [5, 5.41) is 11.5. The number of phosphoric ester groups is 1. The molecule has 0 aliphatic carbocycles. The highest BCUT2D eigenvalue weighted by Gasteiger charge is 2.43. The van der Waals surface area contributed by atoms with Crippen LogP contribution in [0.5, 0.6) is 0 Å². The van der Waals surface area contributed by atoms with Gasteiger partial charge in [-0.3, -0.25) is 23.7 Å². The van der Waals surface area contributed by atoms with E-state index in [4.69, 9.17) is 33.6 Å². The van der Waals surface area contributed by atoms with Gasteiger partial charge in [-0.2, -0.15) is 8.62 Å². The minimum absolute atomic E-state index is 0.0150. The Morgan fingerprint density at radius 2 is 1.84 bits per heavy atom. The van der Waals surface area contributed by atoms with Crippen LogP contribution in [0.25, 0.3) is 0 Å². The van der Waals surface area contributed by atoms with Crippen molar-refractivity contribution in [2.24, 2.45) is 0 Å². The lowest BCUT2D eigenvalue weighted by Gasteiger charge is -2.24. The summed E-state index contributed by atoms with van der Waals surface area (Å²) >= 11 is 0. The standard InChI is InChI=1S/C20H36N3O17P3S2/c1-13-9-23(19(27)22-18(13)26)17-8-14(15(38-17)10-37-42(31,32)40-43(33,34)39-41(28,29)30)36-12-44-45-20(2,3)11-21-16(25)4-6-35-7-5-24/h9,14-15,17,24H,4-8,10-12H2,1-3H3,(H,21,25)(H,31,32)(H,33,34)(H,22,26,27)(H2,28,29,30)/t14-,15?,17-/m1/s1. The molecule has 260 valence electrons. The molecular formula is C20H36N3O17P3S2. The van der Waals surface area contributed by atoms with Gasteiger partial charge in [0.15, 0.2) is 0 Å². The molecule has 1 fully saturated rings. The van der Waals surface area contributed by atoms with Crippen LogP contribution in [0.4, 0.5) is 0 Å². The minimum Gasteiger partial charge on any atom is -0.394 e. The van der Waals surface area contributed by atoms with E-state index in [9.17, 15) is 37.9 Å². The fourth-order valence-corrected chi connectivity index (χ4v) is 8.73. The van der Waals surface area contributed by atoms with Crippen LogP contribution in [0.2, 0.25) is 0 Å². The van der Waals surface area contributed by atoms with E-state index in [0.29, 0.717) is 6.54 Å². The van der Waals surface area contributed by atoms with Crippen LogP contribution in [0.15, 0.2) is 15.8 Å². The molecule has 0 aromatic carbocycles. The molecule has 45 heavy (non-hydrogen) atoms. The van der Waals surface area contributed by atoms with Crippen molar-refractivity contribution in [1.82, 2.24) is 14.9 Å². The number of carbonyl (C=O) groups is 1. The molecular weight excluding hydrogens is 711 g/mol. The molecule has 0 saturated carbocycles. The van der Waals surface area contributed by atoms with Crippen molar-refractivity contribution in [1.29, 1.82) is 0 Å². The number of hydrogen-bond acceptors (Lipinski definition) is 15. The molecule has 20 nitrogen and oxygen atoms in total.